The minimum Gasteiger partial charge on any atom is -0.351 e. The first kappa shape index (κ1) is 16.2. The third kappa shape index (κ3) is 2.30. The summed E-state index contributed by atoms with van der Waals surface area (Å²) in [5.41, 5.74) is 0.629. The van der Waals surface area contributed by atoms with E-state index >= 15 is 0 Å². The Labute approximate surface area is 146 Å². The molecule has 3 atom stereocenters. The van der Waals surface area contributed by atoms with E-state index in [9.17, 15) is 9.59 Å². The van der Waals surface area contributed by atoms with Crippen molar-refractivity contribution < 1.29 is 4.79 Å². The van der Waals surface area contributed by atoms with Crippen LogP contribution in [0.2, 0.25) is 0 Å². The Hall–Kier alpha value is -2.24. The molecule has 2 aromatic rings. The molecule has 0 aliphatic heterocycles. The van der Waals surface area contributed by atoms with Crippen LogP contribution in [0.5, 0.6) is 0 Å². The lowest BCUT2D eigenvalue weighted by molar-refractivity contribution is -0.123. The Bertz CT molecular complexity index is 904. The maximum Gasteiger partial charge on any atom is 0.278 e. The van der Waals surface area contributed by atoms with Gasteiger partial charge < -0.3 is 5.32 Å². The van der Waals surface area contributed by atoms with Crippen LogP contribution in [0, 0.1) is 16.7 Å². The van der Waals surface area contributed by atoms with Gasteiger partial charge in [0.05, 0.1) is 5.39 Å². The molecule has 4 rings (SSSR count). The number of aromatic nitrogens is 3. The largest absolute Gasteiger partial charge is 0.351 e. The summed E-state index contributed by atoms with van der Waals surface area (Å²) < 4.78 is 1.15. The smallest absolute Gasteiger partial charge is 0.278 e. The third-order valence-electron chi connectivity index (χ3n) is 7.05. The van der Waals surface area contributed by atoms with Crippen LogP contribution >= 0.6 is 0 Å². The Morgan fingerprint density at radius 2 is 2.08 bits per heavy atom. The fourth-order valence-electron chi connectivity index (χ4n) is 4.92. The van der Waals surface area contributed by atoms with Crippen LogP contribution in [0.25, 0.3) is 10.9 Å². The van der Waals surface area contributed by atoms with Gasteiger partial charge in [-0.3, -0.25) is 9.59 Å². The second-order valence-corrected chi connectivity index (χ2v) is 8.30. The zero-order valence-electron chi connectivity index (χ0n) is 15.0. The number of benzene rings is 1. The Morgan fingerprint density at radius 1 is 1.32 bits per heavy atom. The molecule has 2 saturated carbocycles. The number of fused-ring (bicyclic) bond motifs is 3. The summed E-state index contributed by atoms with van der Waals surface area (Å²) in [6.45, 7) is 6.83. The monoisotopic (exact) mass is 340 g/mol. The summed E-state index contributed by atoms with van der Waals surface area (Å²) in [5, 5.41) is 11.6. The van der Waals surface area contributed by atoms with E-state index in [4.69, 9.17) is 0 Å². The Kier molecular flexibility index (Phi) is 3.49. The van der Waals surface area contributed by atoms with Crippen molar-refractivity contribution >= 4 is 16.8 Å². The maximum absolute atomic E-state index is 12.5. The maximum atomic E-state index is 12.5. The highest BCUT2D eigenvalue weighted by atomic mass is 16.2. The number of nitrogens with one attached hydrogen (secondary N) is 1. The van der Waals surface area contributed by atoms with Crippen molar-refractivity contribution in [3.05, 3.63) is 34.6 Å². The van der Waals surface area contributed by atoms with Gasteiger partial charge in [-0.1, -0.05) is 38.1 Å². The molecule has 1 N–H and O–H groups in total. The summed E-state index contributed by atoms with van der Waals surface area (Å²) in [6.07, 6.45) is 3.41. The predicted octanol–water partition coefficient (Wildman–Crippen LogP) is 2.12. The predicted molar refractivity (Wildman–Crippen MR) is 95.0 cm³/mol. The number of carbonyl (C=O) groups excluding carboxylic acids is 1. The van der Waals surface area contributed by atoms with Crippen LogP contribution in [-0.4, -0.2) is 26.9 Å². The summed E-state index contributed by atoms with van der Waals surface area (Å²) >= 11 is 0. The topological polar surface area (TPSA) is 76.9 Å². The molecular weight excluding hydrogens is 316 g/mol. The zero-order chi connectivity index (χ0) is 17.8. The number of nitrogens with zero attached hydrogens (tertiary/aromatic N) is 3. The van der Waals surface area contributed by atoms with Crippen LogP contribution in [0.15, 0.2) is 29.1 Å². The van der Waals surface area contributed by atoms with Crippen molar-refractivity contribution in [1.82, 2.24) is 20.3 Å². The first-order valence-corrected chi connectivity index (χ1v) is 8.95. The first-order valence-electron chi connectivity index (χ1n) is 8.95. The van der Waals surface area contributed by atoms with Gasteiger partial charge in [0.25, 0.3) is 5.56 Å². The standard InChI is InChI=1S/C19H24N4O2/c1-18(2)12-8-9-19(18,3)15(10-12)20-16(24)11-23-17(25)13-6-4-5-7-14(13)21-22-23/h4-7,12,15H,8-11H2,1-3H3,(H,20,24). The minimum atomic E-state index is -0.278. The molecule has 1 heterocycles. The average molecular weight is 340 g/mol. The van der Waals surface area contributed by atoms with E-state index in [0.717, 1.165) is 17.5 Å². The van der Waals surface area contributed by atoms with E-state index in [1.54, 1.807) is 18.2 Å². The molecule has 1 aromatic carbocycles. The molecule has 2 aliphatic rings. The van der Waals surface area contributed by atoms with E-state index in [0.29, 0.717) is 16.8 Å². The van der Waals surface area contributed by atoms with E-state index < -0.39 is 0 Å². The number of carbonyl (C=O) groups is 1. The highest BCUT2D eigenvalue weighted by molar-refractivity contribution is 5.78. The lowest BCUT2D eigenvalue weighted by Gasteiger charge is -2.39. The number of hydrogen-bond donors (Lipinski definition) is 1. The van der Waals surface area contributed by atoms with Crippen LogP contribution in [0.1, 0.15) is 40.0 Å². The Morgan fingerprint density at radius 3 is 2.76 bits per heavy atom. The molecule has 3 unspecified atom stereocenters. The van der Waals surface area contributed by atoms with Crippen molar-refractivity contribution in [2.24, 2.45) is 16.7 Å². The highest BCUT2D eigenvalue weighted by Gasteiger charge is 2.61. The van der Waals surface area contributed by atoms with Gasteiger partial charge in [0.1, 0.15) is 12.1 Å². The summed E-state index contributed by atoms with van der Waals surface area (Å²) in [6, 6.07) is 7.21. The van der Waals surface area contributed by atoms with Crippen LogP contribution < -0.4 is 10.9 Å². The van der Waals surface area contributed by atoms with Crippen molar-refractivity contribution in [1.29, 1.82) is 0 Å². The second kappa shape index (κ2) is 5.38. The average Bonchev–Trinajstić information content (AvgIpc) is 2.91. The molecule has 1 amide bonds. The molecule has 0 radical (unpaired) electrons. The lowest BCUT2D eigenvalue weighted by atomic mass is 9.69. The Balaban J connectivity index is 1.52. The van der Waals surface area contributed by atoms with Gasteiger partial charge in [-0.25, -0.2) is 4.68 Å². The normalized spacial score (nSPS) is 29.9. The summed E-state index contributed by atoms with van der Waals surface area (Å²) in [4.78, 5) is 25.0. The van der Waals surface area contributed by atoms with Gasteiger partial charge in [-0.15, -0.1) is 5.10 Å². The van der Waals surface area contributed by atoms with E-state index in [2.05, 4.69) is 36.4 Å². The van der Waals surface area contributed by atoms with Gasteiger partial charge in [0, 0.05) is 6.04 Å². The number of hydrogen-bond acceptors (Lipinski definition) is 4. The molecule has 6 nitrogen and oxygen atoms in total. The van der Waals surface area contributed by atoms with Crippen LogP contribution in [0.3, 0.4) is 0 Å². The van der Waals surface area contributed by atoms with Gasteiger partial charge in [-0.05, 0) is 48.1 Å². The van der Waals surface area contributed by atoms with Crippen molar-refractivity contribution in [3.8, 4) is 0 Å². The van der Waals surface area contributed by atoms with Gasteiger partial charge in [0.2, 0.25) is 5.91 Å². The zero-order valence-corrected chi connectivity index (χ0v) is 15.0. The number of amides is 1. The summed E-state index contributed by atoms with van der Waals surface area (Å²) in [5.74, 6) is 0.493. The van der Waals surface area contributed by atoms with Crippen molar-refractivity contribution in [2.45, 2.75) is 52.6 Å². The molecular formula is C19H24N4O2. The molecule has 2 fully saturated rings. The molecule has 2 aliphatic carbocycles. The van der Waals surface area contributed by atoms with Gasteiger partial charge in [-0.2, -0.15) is 0 Å². The van der Waals surface area contributed by atoms with E-state index in [1.165, 1.54) is 6.42 Å². The van der Waals surface area contributed by atoms with Gasteiger partial charge >= 0.3 is 0 Å². The molecule has 0 spiro atoms. The molecule has 1 aromatic heterocycles. The van der Waals surface area contributed by atoms with E-state index in [-0.39, 0.29) is 34.9 Å². The van der Waals surface area contributed by atoms with Gasteiger partial charge in [0.15, 0.2) is 0 Å². The highest BCUT2D eigenvalue weighted by Crippen LogP contribution is 2.65. The second-order valence-electron chi connectivity index (χ2n) is 8.30. The van der Waals surface area contributed by atoms with E-state index in [1.807, 2.05) is 6.07 Å². The molecule has 132 valence electrons. The minimum absolute atomic E-state index is 0.0889. The molecule has 6 heteroatoms. The molecule has 2 bridgehead atoms. The molecule has 0 saturated heterocycles. The molecule has 25 heavy (non-hydrogen) atoms. The van der Waals surface area contributed by atoms with Crippen LogP contribution in [0.4, 0.5) is 0 Å². The third-order valence-corrected chi connectivity index (χ3v) is 7.05. The van der Waals surface area contributed by atoms with Crippen LogP contribution in [-0.2, 0) is 11.3 Å². The lowest BCUT2D eigenvalue weighted by Crippen LogP contribution is -2.48. The fourth-order valence-corrected chi connectivity index (χ4v) is 4.92. The number of rotatable bonds is 3. The fraction of sp³-hybridized carbons (Fsp3) is 0.579. The van der Waals surface area contributed by atoms with Crippen molar-refractivity contribution in [3.63, 3.8) is 0 Å². The summed E-state index contributed by atoms with van der Waals surface area (Å²) in [7, 11) is 0. The first-order chi connectivity index (χ1) is 11.8. The SMILES string of the molecule is CC1(C)C2CCC1(C)C(NC(=O)Cn1nnc3ccccc3c1=O)C2. The quantitative estimate of drug-likeness (QED) is 0.928. The van der Waals surface area contributed by atoms with Crippen molar-refractivity contribution in [2.75, 3.05) is 0 Å².